The van der Waals surface area contributed by atoms with E-state index >= 15 is 0 Å². The first-order valence-electron chi connectivity index (χ1n) is 6.27. The number of carbonyl (C=O) groups excluding carboxylic acids is 1. The van der Waals surface area contributed by atoms with E-state index in [9.17, 15) is 13.2 Å². The molecule has 2 amide bonds. The topological polar surface area (TPSA) is 110 Å². The number of nitrogens with one attached hydrogen (secondary N) is 1. The van der Waals surface area contributed by atoms with E-state index in [0.29, 0.717) is 19.4 Å². The molecule has 1 fully saturated rings. The standard InChI is InChI=1S/C11H19N5O3S/c1-15-7-8(6-13-15)5-10-9(14-20(2,18)19)3-4-16(10)11(12)17/h6-7,9-10,14H,3-5H2,1-2H3,(H2,12,17)/t9-,10+/m1/s1. The van der Waals surface area contributed by atoms with Gasteiger partial charge in [0.15, 0.2) is 0 Å². The van der Waals surface area contributed by atoms with Crippen LogP contribution in [0, 0.1) is 0 Å². The van der Waals surface area contributed by atoms with Gasteiger partial charge >= 0.3 is 6.03 Å². The Labute approximate surface area is 118 Å². The molecule has 1 aliphatic rings. The van der Waals surface area contributed by atoms with Crippen molar-refractivity contribution in [1.82, 2.24) is 19.4 Å². The lowest BCUT2D eigenvalue weighted by Gasteiger charge is -2.26. The molecule has 112 valence electrons. The highest BCUT2D eigenvalue weighted by atomic mass is 32.2. The summed E-state index contributed by atoms with van der Waals surface area (Å²) in [5.41, 5.74) is 6.30. The molecule has 0 aliphatic carbocycles. The second-order valence-electron chi connectivity index (χ2n) is 5.11. The van der Waals surface area contributed by atoms with E-state index in [2.05, 4.69) is 9.82 Å². The van der Waals surface area contributed by atoms with E-state index in [0.717, 1.165) is 11.8 Å². The number of primary amides is 1. The molecule has 20 heavy (non-hydrogen) atoms. The van der Waals surface area contributed by atoms with Gasteiger partial charge in [-0.1, -0.05) is 0 Å². The first kappa shape index (κ1) is 14.8. The van der Waals surface area contributed by atoms with Crippen molar-refractivity contribution in [3.8, 4) is 0 Å². The van der Waals surface area contributed by atoms with Gasteiger partial charge in [0.1, 0.15) is 0 Å². The van der Waals surface area contributed by atoms with Gasteiger partial charge in [-0.05, 0) is 18.4 Å². The number of rotatable bonds is 4. The van der Waals surface area contributed by atoms with Gasteiger partial charge in [0.25, 0.3) is 0 Å². The Balaban J connectivity index is 2.18. The van der Waals surface area contributed by atoms with Crippen LogP contribution in [-0.4, -0.2) is 54.0 Å². The van der Waals surface area contributed by atoms with Crippen LogP contribution in [0.25, 0.3) is 0 Å². The Morgan fingerprint density at radius 1 is 1.60 bits per heavy atom. The highest BCUT2D eigenvalue weighted by Gasteiger charge is 2.37. The van der Waals surface area contributed by atoms with Gasteiger partial charge in [0.2, 0.25) is 10.0 Å². The number of nitrogens with zero attached hydrogens (tertiary/aromatic N) is 3. The maximum atomic E-state index is 11.5. The Kier molecular flexibility index (Phi) is 4.00. The molecule has 0 unspecified atom stereocenters. The number of nitrogens with two attached hydrogens (primary N) is 1. The summed E-state index contributed by atoms with van der Waals surface area (Å²) < 4.78 is 27.0. The van der Waals surface area contributed by atoms with Crippen molar-refractivity contribution < 1.29 is 13.2 Å². The summed E-state index contributed by atoms with van der Waals surface area (Å²) in [7, 11) is -1.52. The number of carbonyl (C=O) groups is 1. The second-order valence-corrected chi connectivity index (χ2v) is 6.89. The maximum absolute atomic E-state index is 11.5. The van der Waals surface area contributed by atoms with Crippen molar-refractivity contribution in [2.45, 2.75) is 24.9 Å². The van der Waals surface area contributed by atoms with Gasteiger partial charge in [-0.25, -0.2) is 17.9 Å². The van der Waals surface area contributed by atoms with Crippen molar-refractivity contribution in [1.29, 1.82) is 0 Å². The average Bonchev–Trinajstić information content (AvgIpc) is 2.85. The highest BCUT2D eigenvalue weighted by molar-refractivity contribution is 7.88. The van der Waals surface area contributed by atoms with Crippen LogP contribution in [0.5, 0.6) is 0 Å². The Bertz CT molecular complexity index is 597. The van der Waals surface area contributed by atoms with E-state index in [1.54, 1.807) is 17.9 Å². The first-order chi connectivity index (χ1) is 9.26. The van der Waals surface area contributed by atoms with Crippen molar-refractivity contribution >= 4 is 16.1 Å². The van der Waals surface area contributed by atoms with Crippen molar-refractivity contribution in [2.24, 2.45) is 12.8 Å². The van der Waals surface area contributed by atoms with Crippen molar-refractivity contribution in [3.05, 3.63) is 18.0 Å². The molecule has 1 aromatic rings. The molecule has 1 aliphatic heterocycles. The third-order valence-corrected chi connectivity index (χ3v) is 4.13. The second kappa shape index (κ2) is 5.41. The maximum Gasteiger partial charge on any atom is 0.315 e. The molecule has 3 N–H and O–H groups in total. The number of sulfonamides is 1. The number of aryl methyl sites for hydroxylation is 1. The molecule has 0 radical (unpaired) electrons. The number of urea groups is 1. The minimum absolute atomic E-state index is 0.286. The predicted molar refractivity (Wildman–Crippen MR) is 73.4 cm³/mol. The fourth-order valence-corrected chi connectivity index (χ4v) is 3.44. The van der Waals surface area contributed by atoms with Gasteiger partial charge in [-0.15, -0.1) is 0 Å². The fourth-order valence-electron chi connectivity index (χ4n) is 2.61. The summed E-state index contributed by atoms with van der Waals surface area (Å²) >= 11 is 0. The van der Waals surface area contributed by atoms with Gasteiger partial charge in [-0.3, -0.25) is 4.68 Å². The van der Waals surface area contributed by atoms with Crippen LogP contribution in [0.15, 0.2) is 12.4 Å². The summed E-state index contributed by atoms with van der Waals surface area (Å²) in [6, 6.07) is -1.14. The number of hydrogen-bond donors (Lipinski definition) is 2. The molecule has 2 rings (SSSR count). The van der Waals surface area contributed by atoms with E-state index < -0.39 is 16.1 Å². The quantitative estimate of drug-likeness (QED) is 0.745. The highest BCUT2D eigenvalue weighted by Crippen LogP contribution is 2.22. The number of amides is 2. The van der Waals surface area contributed by atoms with E-state index in [1.807, 2.05) is 6.20 Å². The van der Waals surface area contributed by atoms with Crippen LogP contribution < -0.4 is 10.5 Å². The third-order valence-electron chi connectivity index (χ3n) is 3.40. The largest absolute Gasteiger partial charge is 0.351 e. The zero-order valence-electron chi connectivity index (χ0n) is 11.5. The molecule has 0 aromatic carbocycles. The lowest BCUT2D eigenvalue weighted by atomic mass is 10.0. The van der Waals surface area contributed by atoms with E-state index in [4.69, 9.17) is 5.73 Å². The monoisotopic (exact) mass is 301 g/mol. The van der Waals surface area contributed by atoms with Crippen LogP contribution in [0.2, 0.25) is 0 Å². The lowest BCUT2D eigenvalue weighted by molar-refractivity contribution is 0.199. The van der Waals surface area contributed by atoms with Crippen LogP contribution in [0.4, 0.5) is 4.79 Å². The van der Waals surface area contributed by atoms with Crippen molar-refractivity contribution in [2.75, 3.05) is 12.8 Å². The molecule has 8 nitrogen and oxygen atoms in total. The number of hydrogen-bond acceptors (Lipinski definition) is 4. The van der Waals surface area contributed by atoms with E-state index in [1.165, 1.54) is 4.90 Å². The minimum atomic E-state index is -3.33. The van der Waals surface area contributed by atoms with E-state index in [-0.39, 0.29) is 12.1 Å². The molecule has 0 spiro atoms. The summed E-state index contributed by atoms with van der Waals surface area (Å²) in [6.45, 7) is 0.452. The zero-order chi connectivity index (χ0) is 14.9. The Hall–Kier alpha value is -1.61. The van der Waals surface area contributed by atoms with Gasteiger partial charge in [-0.2, -0.15) is 5.10 Å². The normalized spacial score (nSPS) is 23.2. The molecular weight excluding hydrogens is 282 g/mol. The summed E-state index contributed by atoms with van der Waals surface area (Å²) in [4.78, 5) is 13.0. The van der Waals surface area contributed by atoms with Crippen LogP contribution in [-0.2, 0) is 23.5 Å². The van der Waals surface area contributed by atoms with Crippen LogP contribution >= 0.6 is 0 Å². The fraction of sp³-hybridized carbons (Fsp3) is 0.636. The SMILES string of the molecule is Cn1cc(C[C@H]2[C@H](NS(C)(=O)=O)CCN2C(N)=O)cn1. The summed E-state index contributed by atoms with van der Waals surface area (Å²) in [5, 5.41) is 4.07. The first-order valence-corrected chi connectivity index (χ1v) is 8.16. The van der Waals surface area contributed by atoms with Gasteiger partial charge in [0, 0.05) is 25.8 Å². The van der Waals surface area contributed by atoms with Crippen LogP contribution in [0.3, 0.4) is 0 Å². The molecule has 0 saturated carbocycles. The summed E-state index contributed by atoms with van der Waals surface area (Å²) in [5.74, 6) is 0. The molecule has 2 atom stereocenters. The predicted octanol–water partition coefficient (Wildman–Crippen LogP) is -0.967. The number of likely N-dealkylation sites (tertiary alicyclic amines) is 1. The molecule has 1 aromatic heterocycles. The molecular formula is C11H19N5O3S. The molecule has 1 saturated heterocycles. The average molecular weight is 301 g/mol. The van der Waals surface area contributed by atoms with Gasteiger partial charge in [0.05, 0.1) is 18.5 Å². The molecule has 0 bridgehead atoms. The third kappa shape index (κ3) is 3.48. The minimum Gasteiger partial charge on any atom is -0.351 e. The molecule has 2 heterocycles. The van der Waals surface area contributed by atoms with Crippen molar-refractivity contribution in [3.63, 3.8) is 0 Å². The van der Waals surface area contributed by atoms with Gasteiger partial charge < -0.3 is 10.6 Å². The Morgan fingerprint density at radius 2 is 2.30 bits per heavy atom. The number of aromatic nitrogens is 2. The zero-order valence-corrected chi connectivity index (χ0v) is 12.3. The summed E-state index contributed by atoms with van der Waals surface area (Å²) in [6.07, 6.45) is 5.73. The lowest BCUT2D eigenvalue weighted by Crippen LogP contribution is -2.49. The van der Waals surface area contributed by atoms with Crippen LogP contribution in [0.1, 0.15) is 12.0 Å². The smallest absolute Gasteiger partial charge is 0.315 e. The Morgan fingerprint density at radius 3 is 2.80 bits per heavy atom. The molecule has 9 heteroatoms.